The number of ether oxygens (including phenoxy) is 1. The molecular formula is C23H29N7O. The Morgan fingerprint density at radius 1 is 0.968 bits per heavy atom. The quantitative estimate of drug-likeness (QED) is 0.630. The number of rotatable bonds is 6. The second-order valence-electron chi connectivity index (χ2n) is 7.82. The van der Waals surface area contributed by atoms with Crippen molar-refractivity contribution in [2.45, 2.75) is 20.4 Å². The fraction of sp³-hybridized carbons (Fsp3) is 0.348. The lowest BCUT2D eigenvalue weighted by Gasteiger charge is -2.35. The van der Waals surface area contributed by atoms with Gasteiger partial charge in [0, 0.05) is 43.6 Å². The Morgan fingerprint density at radius 2 is 1.77 bits per heavy atom. The summed E-state index contributed by atoms with van der Waals surface area (Å²) in [7, 11) is 1.70. The number of hydrogen-bond donors (Lipinski definition) is 2. The molecule has 31 heavy (non-hydrogen) atoms. The molecule has 1 aliphatic heterocycles. The number of anilines is 4. The highest BCUT2D eigenvalue weighted by Gasteiger charge is 2.19. The van der Waals surface area contributed by atoms with Gasteiger partial charge in [-0.2, -0.15) is 15.0 Å². The van der Waals surface area contributed by atoms with E-state index in [1.807, 2.05) is 18.2 Å². The third-order valence-corrected chi connectivity index (χ3v) is 5.62. The van der Waals surface area contributed by atoms with Gasteiger partial charge in [-0.05, 0) is 49.2 Å². The normalized spacial score (nSPS) is 14.5. The summed E-state index contributed by atoms with van der Waals surface area (Å²) in [5, 5.41) is 3.25. The molecule has 0 unspecified atom stereocenters. The van der Waals surface area contributed by atoms with Crippen LogP contribution >= 0.6 is 0 Å². The van der Waals surface area contributed by atoms with Crippen molar-refractivity contribution < 1.29 is 4.74 Å². The molecule has 8 nitrogen and oxygen atoms in total. The molecule has 2 aromatic carbocycles. The van der Waals surface area contributed by atoms with Crippen molar-refractivity contribution >= 4 is 23.3 Å². The average Bonchev–Trinajstić information content (AvgIpc) is 2.76. The van der Waals surface area contributed by atoms with E-state index in [9.17, 15) is 0 Å². The predicted molar refractivity (Wildman–Crippen MR) is 124 cm³/mol. The van der Waals surface area contributed by atoms with Crippen LogP contribution in [0.1, 0.15) is 17.0 Å². The van der Waals surface area contributed by atoms with Crippen LogP contribution in [0.25, 0.3) is 0 Å². The summed E-state index contributed by atoms with van der Waals surface area (Å²) in [4.78, 5) is 17.9. The van der Waals surface area contributed by atoms with Crippen molar-refractivity contribution in [3.8, 4) is 5.75 Å². The summed E-state index contributed by atoms with van der Waals surface area (Å²) in [6.45, 7) is 8.51. The molecule has 0 saturated carbocycles. The van der Waals surface area contributed by atoms with Crippen LogP contribution in [0.4, 0.5) is 23.3 Å². The summed E-state index contributed by atoms with van der Waals surface area (Å²) in [6.07, 6.45) is 0. The molecule has 0 atom stereocenters. The molecule has 1 aliphatic rings. The third-order valence-electron chi connectivity index (χ3n) is 5.62. The van der Waals surface area contributed by atoms with E-state index in [4.69, 9.17) is 10.5 Å². The summed E-state index contributed by atoms with van der Waals surface area (Å²) in [5.41, 5.74) is 10.5. The minimum Gasteiger partial charge on any atom is -0.497 e. The molecule has 0 amide bonds. The van der Waals surface area contributed by atoms with Gasteiger partial charge in [0.15, 0.2) is 0 Å². The van der Waals surface area contributed by atoms with E-state index in [1.54, 1.807) is 7.11 Å². The number of piperazine rings is 1. The summed E-state index contributed by atoms with van der Waals surface area (Å²) >= 11 is 0. The molecule has 4 rings (SSSR count). The van der Waals surface area contributed by atoms with Gasteiger partial charge in [-0.25, -0.2) is 0 Å². The van der Waals surface area contributed by atoms with Crippen LogP contribution in [0, 0.1) is 13.8 Å². The van der Waals surface area contributed by atoms with Crippen molar-refractivity contribution in [1.29, 1.82) is 0 Å². The fourth-order valence-electron chi connectivity index (χ4n) is 3.68. The van der Waals surface area contributed by atoms with E-state index in [2.05, 4.69) is 68.2 Å². The van der Waals surface area contributed by atoms with Gasteiger partial charge < -0.3 is 20.7 Å². The second-order valence-corrected chi connectivity index (χ2v) is 7.82. The minimum absolute atomic E-state index is 0.228. The first-order chi connectivity index (χ1) is 15.0. The summed E-state index contributed by atoms with van der Waals surface area (Å²) < 4.78 is 5.35. The van der Waals surface area contributed by atoms with Crippen molar-refractivity contribution in [1.82, 2.24) is 19.9 Å². The zero-order valence-corrected chi connectivity index (χ0v) is 18.3. The van der Waals surface area contributed by atoms with Crippen LogP contribution in [0.2, 0.25) is 0 Å². The predicted octanol–water partition coefficient (Wildman–Crippen LogP) is 3.15. The standard InChI is InChI=1S/C23H29N7O/c1-16-7-8-18(13-17(16)2)25-23-27-21(26-22(24)28-23)15-29-9-11-30(12-10-29)19-5-4-6-20(14-19)31-3/h4-8,13-14H,9-12,15H2,1-3H3,(H3,24,25,26,27,28). The van der Waals surface area contributed by atoms with E-state index in [0.717, 1.165) is 37.6 Å². The maximum atomic E-state index is 5.96. The first kappa shape index (κ1) is 20.9. The Bertz CT molecular complexity index is 1050. The Labute approximate surface area is 183 Å². The van der Waals surface area contributed by atoms with E-state index < -0.39 is 0 Å². The van der Waals surface area contributed by atoms with Crippen molar-refractivity contribution in [2.75, 3.05) is 49.2 Å². The molecule has 0 bridgehead atoms. The number of methoxy groups -OCH3 is 1. The summed E-state index contributed by atoms with van der Waals surface area (Å²) in [6, 6.07) is 14.4. The van der Waals surface area contributed by atoms with Gasteiger partial charge in [0.2, 0.25) is 11.9 Å². The Balaban J connectivity index is 1.39. The zero-order valence-electron chi connectivity index (χ0n) is 18.3. The first-order valence-corrected chi connectivity index (χ1v) is 10.5. The molecule has 3 aromatic rings. The van der Waals surface area contributed by atoms with Crippen molar-refractivity contribution in [2.24, 2.45) is 0 Å². The maximum Gasteiger partial charge on any atom is 0.232 e. The molecule has 0 aliphatic carbocycles. The van der Waals surface area contributed by atoms with Gasteiger partial charge in [0.1, 0.15) is 11.6 Å². The molecular weight excluding hydrogens is 390 g/mol. The molecule has 0 spiro atoms. The van der Waals surface area contributed by atoms with Gasteiger partial charge >= 0.3 is 0 Å². The first-order valence-electron chi connectivity index (χ1n) is 10.5. The molecule has 3 N–H and O–H groups in total. The van der Waals surface area contributed by atoms with E-state index >= 15 is 0 Å². The molecule has 1 fully saturated rings. The monoisotopic (exact) mass is 419 g/mol. The Kier molecular flexibility index (Phi) is 6.18. The summed E-state index contributed by atoms with van der Waals surface area (Å²) in [5.74, 6) is 2.25. The van der Waals surface area contributed by atoms with Crippen LogP contribution in [-0.2, 0) is 6.54 Å². The topological polar surface area (TPSA) is 92.4 Å². The van der Waals surface area contributed by atoms with Crippen LogP contribution in [-0.4, -0.2) is 53.1 Å². The minimum atomic E-state index is 0.228. The zero-order chi connectivity index (χ0) is 21.8. The Morgan fingerprint density at radius 3 is 2.52 bits per heavy atom. The molecule has 8 heteroatoms. The average molecular weight is 420 g/mol. The molecule has 1 aromatic heterocycles. The highest BCUT2D eigenvalue weighted by atomic mass is 16.5. The van der Waals surface area contributed by atoms with Crippen LogP contribution < -0.4 is 20.7 Å². The lowest BCUT2D eigenvalue weighted by atomic mass is 10.1. The lowest BCUT2D eigenvalue weighted by Crippen LogP contribution is -2.46. The number of nitrogens with one attached hydrogen (secondary N) is 1. The number of aryl methyl sites for hydroxylation is 2. The molecule has 162 valence electrons. The molecule has 2 heterocycles. The van der Waals surface area contributed by atoms with Gasteiger partial charge in [0.05, 0.1) is 13.7 Å². The largest absolute Gasteiger partial charge is 0.497 e. The van der Waals surface area contributed by atoms with Crippen molar-refractivity contribution in [3.05, 3.63) is 59.4 Å². The molecule has 1 saturated heterocycles. The van der Waals surface area contributed by atoms with Crippen LogP contribution in [0.5, 0.6) is 5.75 Å². The fourth-order valence-corrected chi connectivity index (χ4v) is 3.68. The second kappa shape index (κ2) is 9.18. The van der Waals surface area contributed by atoms with Gasteiger partial charge in [-0.1, -0.05) is 12.1 Å². The van der Waals surface area contributed by atoms with Crippen LogP contribution in [0.3, 0.4) is 0 Å². The smallest absolute Gasteiger partial charge is 0.232 e. The maximum absolute atomic E-state index is 5.96. The van der Waals surface area contributed by atoms with Gasteiger partial charge in [0.25, 0.3) is 0 Å². The number of nitrogens with zero attached hydrogens (tertiary/aromatic N) is 5. The number of nitrogen functional groups attached to an aromatic ring is 1. The van der Waals surface area contributed by atoms with Crippen molar-refractivity contribution in [3.63, 3.8) is 0 Å². The third kappa shape index (κ3) is 5.21. The van der Waals surface area contributed by atoms with E-state index in [1.165, 1.54) is 16.8 Å². The number of aromatic nitrogens is 3. The van der Waals surface area contributed by atoms with Crippen LogP contribution in [0.15, 0.2) is 42.5 Å². The number of nitrogens with two attached hydrogens (primary N) is 1. The number of hydrogen-bond acceptors (Lipinski definition) is 8. The Hall–Kier alpha value is -3.39. The van der Waals surface area contributed by atoms with E-state index in [0.29, 0.717) is 18.3 Å². The van der Waals surface area contributed by atoms with Gasteiger partial charge in [-0.3, -0.25) is 4.90 Å². The lowest BCUT2D eigenvalue weighted by molar-refractivity contribution is 0.244. The SMILES string of the molecule is COc1cccc(N2CCN(Cc3nc(N)nc(Nc4ccc(C)c(C)c4)n3)CC2)c1. The molecule has 0 radical (unpaired) electrons. The highest BCUT2D eigenvalue weighted by molar-refractivity contribution is 5.56. The highest BCUT2D eigenvalue weighted by Crippen LogP contribution is 2.23. The number of benzene rings is 2. The van der Waals surface area contributed by atoms with E-state index in [-0.39, 0.29) is 5.95 Å². The van der Waals surface area contributed by atoms with Gasteiger partial charge in [-0.15, -0.1) is 0 Å².